The van der Waals surface area contributed by atoms with E-state index in [1.807, 2.05) is 6.92 Å². The van der Waals surface area contributed by atoms with Crippen molar-refractivity contribution in [1.82, 2.24) is 9.88 Å². The Balaban J connectivity index is 2.20. The minimum atomic E-state index is -0.300. The lowest BCUT2D eigenvalue weighted by Gasteiger charge is -2.25. The molecule has 3 nitrogen and oxygen atoms in total. The number of carbonyl (C=O) groups excluding carboxylic acids is 1. The van der Waals surface area contributed by atoms with Crippen molar-refractivity contribution >= 4 is 17.5 Å². The first-order chi connectivity index (χ1) is 9.49. The molecule has 1 aromatic heterocycles. The molecule has 2 rings (SSSR count). The summed E-state index contributed by atoms with van der Waals surface area (Å²) in [5, 5.41) is 0.464. The van der Waals surface area contributed by atoms with Gasteiger partial charge in [-0.25, -0.2) is 4.39 Å². The molecule has 0 radical (unpaired) electrons. The summed E-state index contributed by atoms with van der Waals surface area (Å²) in [5.41, 5.74) is 1.14. The summed E-state index contributed by atoms with van der Waals surface area (Å²) in [4.78, 5) is 17.9. The number of nitrogens with zero attached hydrogens (tertiary/aromatic N) is 2. The molecule has 0 saturated carbocycles. The van der Waals surface area contributed by atoms with Crippen molar-refractivity contribution < 1.29 is 9.18 Å². The average Bonchev–Trinajstić information content (AvgIpc) is 2.46. The quantitative estimate of drug-likeness (QED) is 0.864. The molecular formula is C15H14ClFN2O. The van der Waals surface area contributed by atoms with Gasteiger partial charge in [-0.05, 0) is 36.8 Å². The number of amides is 1. The Morgan fingerprint density at radius 2 is 1.95 bits per heavy atom. The maximum atomic E-state index is 12.9. The minimum absolute atomic E-state index is 0.191. The second-order valence-electron chi connectivity index (χ2n) is 4.50. The molecule has 0 bridgehead atoms. The van der Waals surface area contributed by atoms with Crippen LogP contribution in [0.2, 0.25) is 5.02 Å². The Morgan fingerprint density at radius 3 is 2.55 bits per heavy atom. The van der Waals surface area contributed by atoms with Gasteiger partial charge in [0.15, 0.2) is 0 Å². The first-order valence-electron chi connectivity index (χ1n) is 6.13. The molecule has 0 aliphatic carbocycles. The highest BCUT2D eigenvalue weighted by Gasteiger charge is 2.20. The average molecular weight is 293 g/mol. The Hall–Kier alpha value is -1.94. The van der Waals surface area contributed by atoms with Gasteiger partial charge in [0.05, 0.1) is 6.04 Å². The fraction of sp³-hybridized carbons (Fsp3) is 0.200. The Bertz CT molecular complexity index is 616. The smallest absolute Gasteiger partial charge is 0.272 e. The largest absolute Gasteiger partial charge is 0.334 e. The van der Waals surface area contributed by atoms with Gasteiger partial charge in [-0.15, -0.1) is 0 Å². The molecule has 104 valence electrons. The van der Waals surface area contributed by atoms with Gasteiger partial charge >= 0.3 is 0 Å². The van der Waals surface area contributed by atoms with Gasteiger partial charge in [0, 0.05) is 18.3 Å². The number of aromatic nitrogens is 1. The Kier molecular flexibility index (Phi) is 4.35. The van der Waals surface area contributed by atoms with Crippen molar-refractivity contribution in [2.24, 2.45) is 0 Å². The molecule has 0 N–H and O–H groups in total. The van der Waals surface area contributed by atoms with E-state index >= 15 is 0 Å². The van der Waals surface area contributed by atoms with Crippen molar-refractivity contribution in [3.05, 3.63) is 64.7 Å². The predicted octanol–water partition coefficient (Wildman–Crippen LogP) is 3.71. The van der Waals surface area contributed by atoms with Crippen molar-refractivity contribution in [3.8, 4) is 0 Å². The number of rotatable bonds is 3. The maximum Gasteiger partial charge on any atom is 0.272 e. The summed E-state index contributed by atoms with van der Waals surface area (Å²) < 4.78 is 12.9. The molecule has 1 aromatic carbocycles. The third-order valence-electron chi connectivity index (χ3n) is 3.19. The van der Waals surface area contributed by atoms with Gasteiger partial charge in [0.2, 0.25) is 0 Å². The molecule has 5 heteroatoms. The molecule has 1 atom stereocenters. The van der Waals surface area contributed by atoms with Crippen LogP contribution in [0.25, 0.3) is 0 Å². The molecule has 0 fully saturated rings. The molecule has 1 amide bonds. The molecule has 1 heterocycles. The fourth-order valence-electron chi connectivity index (χ4n) is 1.84. The number of hydrogen-bond acceptors (Lipinski definition) is 2. The van der Waals surface area contributed by atoms with Crippen LogP contribution in [0.3, 0.4) is 0 Å². The van der Waals surface area contributed by atoms with Crippen molar-refractivity contribution in [2.75, 3.05) is 7.05 Å². The van der Waals surface area contributed by atoms with Crippen LogP contribution < -0.4 is 0 Å². The topological polar surface area (TPSA) is 33.2 Å². The molecular weight excluding hydrogens is 279 g/mol. The van der Waals surface area contributed by atoms with Gasteiger partial charge in [-0.2, -0.15) is 0 Å². The van der Waals surface area contributed by atoms with Crippen molar-refractivity contribution in [2.45, 2.75) is 13.0 Å². The van der Waals surface area contributed by atoms with Crippen LogP contribution in [-0.2, 0) is 0 Å². The summed E-state index contributed by atoms with van der Waals surface area (Å²) in [7, 11) is 1.68. The number of pyridine rings is 1. The van der Waals surface area contributed by atoms with E-state index in [2.05, 4.69) is 4.98 Å². The van der Waals surface area contributed by atoms with E-state index in [4.69, 9.17) is 11.6 Å². The van der Waals surface area contributed by atoms with Crippen LogP contribution >= 0.6 is 11.6 Å². The van der Waals surface area contributed by atoms with E-state index in [1.165, 1.54) is 24.4 Å². The van der Waals surface area contributed by atoms with E-state index < -0.39 is 0 Å². The summed E-state index contributed by atoms with van der Waals surface area (Å²) in [6, 6.07) is 9.02. The SMILES string of the molecule is CC(c1ccc(F)cc1)N(C)C(=O)c1cc(Cl)ccn1. The van der Waals surface area contributed by atoms with Crippen molar-refractivity contribution in [3.63, 3.8) is 0 Å². The zero-order chi connectivity index (χ0) is 14.7. The fourth-order valence-corrected chi connectivity index (χ4v) is 2.00. The molecule has 0 aliphatic rings. The lowest BCUT2D eigenvalue weighted by Crippen LogP contribution is -2.30. The Labute approximate surface area is 122 Å². The summed E-state index contributed by atoms with van der Waals surface area (Å²) >= 11 is 5.86. The highest BCUT2D eigenvalue weighted by atomic mass is 35.5. The predicted molar refractivity (Wildman–Crippen MR) is 76.2 cm³/mol. The molecule has 1 unspecified atom stereocenters. The van der Waals surface area contributed by atoms with E-state index in [1.54, 1.807) is 30.1 Å². The van der Waals surface area contributed by atoms with Gasteiger partial charge in [0.25, 0.3) is 5.91 Å². The van der Waals surface area contributed by atoms with E-state index in [-0.39, 0.29) is 23.5 Å². The van der Waals surface area contributed by atoms with Crippen molar-refractivity contribution in [1.29, 1.82) is 0 Å². The van der Waals surface area contributed by atoms with Crippen LogP contribution in [0.4, 0.5) is 4.39 Å². The monoisotopic (exact) mass is 292 g/mol. The van der Waals surface area contributed by atoms with Crippen LogP contribution in [0, 0.1) is 5.82 Å². The summed E-state index contributed by atoms with van der Waals surface area (Å²) in [6.07, 6.45) is 1.49. The molecule has 20 heavy (non-hydrogen) atoms. The first kappa shape index (κ1) is 14.5. The van der Waals surface area contributed by atoms with Gasteiger partial charge < -0.3 is 4.90 Å². The lowest BCUT2D eigenvalue weighted by molar-refractivity contribution is 0.0736. The van der Waals surface area contributed by atoms with E-state index in [9.17, 15) is 9.18 Å². The van der Waals surface area contributed by atoms with Gasteiger partial charge in [-0.3, -0.25) is 9.78 Å². The number of hydrogen-bond donors (Lipinski definition) is 0. The van der Waals surface area contributed by atoms with Gasteiger partial charge in [0.1, 0.15) is 11.5 Å². The first-order valence-corrected chi connectivity index (χ1v) is 6.51. The van der Waals surface area contributed by atoms with E-state index in [0.29, 0.717) is 5.02 Å². The zero-order valence-corrected chi connectivity index (χ0v) is 11.9. The Morgan fingerprint density at radius 1 is 1.30 bits per heavy atom. The lowest BCUT2D eigenvalue weighted by atomic mass is 10.1. The summed E-state index contributed by atoms with van der Waals surface area (Å²) in [6.45, 7) is 1.87. The molecule has 2 aromatic rings. The summed E-state index contributed by atoms with van der Waals surface area (Å²) in [5.74, 6) is -0.532. The maximum absolute atomic E-state index is 12.9. The number of carbonyl (C=O) groups is 1. The third-order valence-corrected chi connectivity index (χ3v) is 3.43. The highest BCUT2D eigenvalue weighted by molar-refractivity contribution is 6.30. The van der Waals surface area contributed by atoms with Gasteiger partial charge in [-0.1, -0.05) is 23.7 Å². The molecule has 0 aliphatic heterocycles. The molecule has 0 saturated heterocycles. The normalized spacial score (nSPS) is 12.0. The number of halogens is 2. The zero-order valence-electron chi connectivity index (χ0n) is 11.2. The standard InChI is InChI=1S/C15H14ClFN2O/c1-10(11-3-5-13(17)6-4-11)19(2)15(20)14-9-12(16)7-8-18-14/h3-10H,1-2H3. The van der Waals surface area contributed by atoms with Crippen LogP contribution in [0.5, 0.6) is 0 Å². The third kappa shape index (κ3) is 3.14. The number of benzene rings is 1. The second kappa shape index (κ2) is 6.01. The highest BCUT2D eigenvalue weighted by Crippen LogP contribution is 2.21. The van der Waals surface area contributed by atoms with Crippen LogP contribution in [0.15, 0.2) is 42.6 Å². The van der Waals surface area contributed by atoms with Crippen LogP contribution in [0.1, 0.15) is 29.0 Å². The minimum Gasteiger partial charge on any atom is -0.334 e. The molecule has 0 spiro atoms. The second-order valence-corrected chi connectivity index (χ2v) is 4.94. The van der Waals surface area contributed by atoms with E-state index in [0.717, 1.165) is 5.56 Å². The van der Waals surface area contributed by atoms with Crippen LogP contribution in [-0.4, -0.2) is 22.8 Å².